The lowest BCUT2D eigenvalue weighted by Gasteiger charge is -2.12. The number of hydrogen-bond acceptors (Lipinski definition) is 3. The van der Waals surface area contributed by atoms with Crippen LogP contribution in [0.15, 0.2) is 66.0 Å². The molecule has 0 atom stereocenters. The van der Waals surface area contributed by atoms with E-state index >= 15 is 0 Å². The fourth-order valence-electron chi connectivity index (χ4n) is 2.98. The lowest BCUT2D eigenvalue weighted by molar-refractivity contribution is 0.481. The maximum atomic E-state index is 13.0. The van der Waals surface area contributed by atoms with Gasteiger partial charge >= 0.3 is 0 Å². The number of pyridine rings is 1. The van der Waals surface area contributed by atoms with Crippen LogP contribution < -0.4 is 5.56 Å². The zero-order chi connectivity index (χ0) is 16.7. The van der Waals surface area contributed by atoms with Gasteiger partial charge in [0.05, 0.1) is 16.6 Å². The highest BCUT2D eigenvalue weighted by Crippen LogP contribution is 2.32. The monoisotopic (exact) mass is 317 g/mol. The van der Waals surface area contributed by atoms with Gasteiger partial charge in [-0.15, -0.1) is 6.58 Å². The molecule has 0 unspecified atom stereocenters. The Bertz CT molecular complexity index is 1110. The van der Waals surface area contributed by atoms with Gasteiger partial charge in [0.1, 0.15) is 17.1 Å². The van der Waals surface area contributed by atoms with Crippen molar-refractivity contribution >= 4 is 21.9 Å². The average Bonchev–Trinajstić information content (AvgIpc) is 3.02. The lowest BCUT2D eigenvalue weighted by atomic mass is 10.1. The van der Waals surface area contributed by atoms with Crippen molar-refractivity contribution in [3.63, 3.8) is 0 Å². The summed E-state index contributed by atoms with van der Waals surface area (Å²) in [6.07, 6.45) is 1.66. The van der Waals surface area contributed by atoms with E-state index in [-0.39, 0.29) is 16.9 Å². The number of rotatable bonds is 3. The molecule has 2 aromatic carbocycles. The molecule has 0 aliphatic heterocycles. The smallest absolute Gasteiger partial charge is 0.266 e. The van der Waals surface area contributed by atoms with Crippen LogP contribution >= 0.6 is 0 Å². The Labute approximate surface area is 137 Å². The second kappa shape index (κ2) is 5.38. The highest BCUT2D eigenvalue weighted by molar-refractivity contribution is 5.92. The van der Waals surface area contributed by atoms with Crippen LogP contribution in [0.3, 0.4) is 0 Å². The Morgan fingerprint density at radius 1 is 1.17 bits per heavy atom. The van der Waals surface area contributed by atoms with Gasteiger partial charge in [0.2, 0.25) is 0 Å². The van der Waals surface area contributed by atoms with Gasteiger partial charge in [0.15, 0.2) is 0 Å². The predicted octanol–water partition coefficient (Wildman–Crippen LogP) is 3.44. The Balaban J connectivity index is 2.11. The number of aromatic nitrogens is 3. The van der Waals surface area contributed by atoms with E-state index in [9.17, 15) is 9.90 Å². The van der Waals surface area contributed by atoms with Crippen molar-refractivity contribution in [3.8, 4) is 17.1 Å². The molecular formula is C19H15N3O2. The molecule has 0 spiro atoms. The van der Waals surface area contributed by atoms with Crippen molar-refractivity contribution in [2.75, 3.05) is 0 Å². The highest BCUT2D eigenvalue weighted by Gasteiger charge is 2.19. The summed E-state index contributed by atoms with van der Waals surface area (Å²) in [7, 11) is 0. The molecule has 5 nitrogen and oxygen atoms in total. The molecule has 2 aromatic heterocycles. The van der Waals surface area contributed by atoms with Gasteiger partial charge in [0, 0.05) is 11.9 Å². The van der Waals surface area contributed by atoms with E-state index in [0.29, 0.717) is 23.3 Å². The van der Waals surface area contributed by atoms with Gasteiger partial charge in [-0.05, 0) is 24.3 Å². The second-order valence-electron chi connectivity index (χ2n) is 5.55. The predicted molar refractivity (Wildman–Crippen MR) is 95.2 cm³/mol. The zero-order valence-corrected chi connectivity index (χ0v) is 12.9. The molecular weight excluding hydrogens is 302 g/mol. The number of H-pyrrole nitrogens is 1. The largest absolute Gasteiger partial charge is 0.506 e. The number of aromatic hydroxyl groups is 1. The molecule has 0 aliphatic rings. The number of imidazole rings is 1. The second-order valence-corrected chi connectivity index (χ2v) is 5.55. The lowest BCUT2D eigenvalue weighted by Crippen LogP contribution is -2.22. The van der Waals surface area contributed by atoms with Gasteiger partial charge in [-0.3, -0.25) is 4.79 Å². The summed E-state index contributed by atoms with van der Waals surface area (Å²) in [6.45, 7) is 4.07. The van der Waals surface area contributed by atoms with Crippen LogP contribution in [0.4, 0.5) is 0 Å². The fourth-order valence-corrected chi connectivity index (χ4v) is 2.98. The summed E-state index contributed by atoms with van der Waals surface area (Å²) < 4.78 is 1.59. The minimum atomic E-state index is -0.301. The summed E-state index contributed by atoms with van der Waals surface area (Å²) in [4.78, 5) is 20.5. The molecule has 0 amide bonds. The number of nitrogens with one attached hydrogen (secondary N) is 1. The van der Waals surface area contributed by atoms with Crippen LogP contribution in [-0.4, -0.2) is 19.6 Å². The number of para-hydroxylation sites is 3. The van der Waals surface area contributed by atoms with Gasteiger partial charge in [-0.2, -0.15) is 0 Å². The van der Waals surface area contributed by atoms with Crippen molar-refractivity contribution < 1.29 is 5.11 Å². The third-order valence-corrected chi connectivity index (χ3v) is 4.08. The first-order chi connectivity index (χ1) is 11.7. The number of aromatic amines is 1. The number of allylic oxidation sites excluding steroid dienone is 1. The number of fused-ring (bicyclic) bond motifs is 2. The van der Waals surface area contributed by atoms with E-state index in [0.717, 1.165) is 11.0 Å². The van der Waals surface area contributed by atoms with Gasteiger partial charge < -0.3 is 14.7 Å². The number of benzene rings is 2. The van der Waals surface area contributed by atoms with Crippen molar-refractivity contribution in [3.05, 3.63) is 71.5 Å². The molecule has 5 heteroatoms. The summed E-state index contributed by atoms with van der Waals surface area (Å²) in [5.41, 5.74) is 2.10. The van der Waals surface area contributed by atoms with Crippen molar-refractivity contribution in [1.29, 1.82) is 0 Å². The average molecular weight is 317 g/mol. The molecule has 4 aromatic rings. The molecule has 24 heavy (non-hydrogen) atoms. The maximum absolute atomic E-state index is 13.0. The van der Waals surface area contributed by atoms with Crippen LogP contribution in [0.5, 0.6) is 5.75 Å². The number of hydrogen-bond donors (Lipinski definition) is 2. The first-order valence-corrected chi connectivity index (χ1v) is 7.61. The van der Waals surface area contributed by atoms with Crippen LogP contribution in [-0.2, 0) is 6.54 Å². The van der Waals surface area contributed by atoms with E-state index in [1.807, 2.05) is 42.5 Å². The third-order valence-electron chi connectivity index (χ3n) is 4.08. The molecule has 0 radical (unpaired) electrons. The van der Waals surface area contributed by atoms with Crippen molar-refractivity contribution in [2.24, 2.45) is 0 Å². The Morgan fingerprint density at radius 3 is 2.71 bits per heavy atom. The van der Waals surface area contributed by atoms with E-state index in [1.165, 1.54) is 0 Å². The van der Waals surface area contributed by atoms with Crippen molar-refractivity contribution in [2.45, 2.75) is 6.54 Å². The third kappa shape index (κ3) is 2.02. The standard InChI is InChI=1S/C19H15N3O2/c1-2-11-22-15-10-6-3-7-12(15)17(23)16(19(22)24)18-20-13-8-4-5-9-14(13)21-18/h2-10,23H,1,11H2,(H,20,21). The minimum absolute atomic E-state index is 0.0602. The summed E-state index contributed by atoms with van der Waals surface area (Å²) in [6, 6.07) is 14.8. The molecule has 118 valence electrons. The fraction of sp³-hybridized carbons (Fsp3) is 0.0526. The van der Waals surface area contributed by atoms with Crippen LogP contribution in [0.2, 0.25) is 0 Å². The van der Waals surface area contributed by atoms with E-state index in [1.54, 1.807) is 16.7 Å². The first kappa shape index (κ1) is 14.3. The molecule has 0 aliphatic carbocycles. The normalized spacial score (nSPS) is 11.2. The molecule has 2 N–H and O–H groups in total. The van der Waals surface area contributed by atoms with E-state index in [4.69, 9.17) is 0 Å². The molecule has 0 bridgehead atoms. The van der Waals surface area contributed by atoms with Gasteiger partial charge in [-0.1, -0.05) is 30.3 Å². The Kier molecular flexibility index (Phi) is 3.20. The Morgan fingerprint density at radius 2 is 1.92 bits per heavy atom. The van der Waals surface area contributed by atoms with Crippen LogP contribution in [0.1, 0.15) is 0 Å². The summed E-state index contributed by atoms with van der Waals surface area (Å²) >= 11 is 0. The van der Waals surface area contributed by atoms with Crippen LogP contribution in [0, 0.1) is 0 Å². The first-order valence-electron chi connectivity index (χ1n) is 7.61. The summed E-state index contributed by atoms with van der Waals surface area (Å²) in [5, 5.41) is 11.3. The minimum Gasteiger partial charge on any atom is -0.506 e. The SMILES string of the molecule is C=CCn1c(=O)c(-c2nc3ccccc3[nH]2)c(O)c2ccccc21. The zero-order valence-electron chi connectivity index (χ0n) is 12.9. The molecule has 4 rings (SSSR count). The van der Waals surface area contributed by atoms with Gasteiger partial charge in [-0.25, -0.2) is 4.98 Å². The molecule has 0 saturated heterocycles. The van der Waals surface area contributed by atoms with Gasteiger partial charge in [0.25, 0.3) is 5.56 Å². The number of nitrogens with zero attached hydrogens (tertiary/aromatic N) is 2. The Hall–Kier alpha value is -3.34. The molecule has 0 saturated carbocycles. The molecule has 2 heterocycles. The van der Waals surface area contributed by atoms with E-state index in [2.05, 4.69) is 16.5 Å². The van der Waals surface area contributed by atoms with Crippen molar-refractivity contribution in [1.82, 2.24) is 14.5 Å². The molecule has 0 fully saturated rings. The topological polar surface area (TPSA) is 70.9 Å². The quantitative estimate of drug-likeness (QED) is 0.569. The summed E-state index contributed by atoms with van der Waals surface area (Å²) in [5.74, 6) is 0.303. The van der Waals surface area contributed by atoms with Crippen LogP contribution in [0.25, 0.3) is 33.3 Å². The maximum Gasteiger partial charge on any atom is 0.266 e. The highest BCUT2D eigenvalue weighted by atomic mass is 16.3. The van der Waals surface area contributed by atoms with E-state index < -0.39 is 0 Å².